The summed E-state index contributed by atoms with van der Waals surface area (Å²) in [5.74, 6) is -2.06. The molecule has 3 nitrogen and oxygen atoms in total. The standard InChI is InChI=1S/C13H8BrF7N2OS/c14-8-5-23(7-3-1-2-6(4-7)12(16,17)18)11(25-8)22-10(24)9(15)13(19,20)21/h1-4,8-9H,5H2. The van der Waals surface area contributed by atoms with Crippen molar-refractivity contribution in [2.75, 3.05) is 11.4 Å². The highest BCUT2D eigenvalue weighted by molar-refractivity contribution is 9.11. The van der Waals surface area contributed by atoms with E-state index in [1.165, 1.54) is 6.07 Å². The summed E-state index contributed by atoms with van der Waals surface area (Å²) in [6.07, 6.45) is -13.8. The zero-order valence-corrected chi connectivity index (χ0v) is 14.3. The first-order chi connectivity index (χ1) is 11.4. The van der Waals surface area contributed by atoms with E-state index in [4.69, 9.17) is 0 Å². The van der Waals surface area contributed by atoms with E-state index in [2.05, 4.69) is 20.9 Å². The number of alkyl halides is 8. The predicted molar refractivity (Wildman–Crippen MR) is 82.5 cm³/mol. The van der Waals surface area contributed by atoms with Crippen molar-refractivity contribution in [2.45, 2.75) is 22.7 Å². The lowest BCUT2D eigenvalue weighted by atomic mass is 10.2. The second kappa shape index (κ2) is 7.14. The molecule has 1 amide bonds. The molecule has 25 heavy (non-hydrogen) atoms. The van der Waals surface area contributed by atoms with Crippen molar-refractivity contribution in [1.82, 2.24) is 0 Å². The van der Waals surface area contributed by atoms with E-state index in [1.807, 2.05) is 0 Å². The van der Waals surface area contributed by atoms with Crippen molar-refractivity contribution >= 4 is 44.5 Å². The second-order valence-corrected chi connectivity index (χ2v) is 7.70. The van der Waals surface area contributed by atoms with Gasteiger partial charge in [-0.3, -0.25) is 4.79 Å². The van der Waals surface area contributed by atoms with Gasteiger partial charge in [-0.1, -0.05) is 33.8 Å². The van der Waals surface area contributed by atoms with Gasteiger partial charge in [0.2, 0.25) is 0 Å². The van der Waals surface area contributed by atoms with Crippen molar-refractivity contribution < 1.29 is 35.5 Å². The van der Waals surface area contributed by atoms with Gasteiger partial charge in [0.1, 0.15) is 0 Å². The van der Waals surface area contributed by atoms with Gasteiger partial charge in [-0.25, -0.2) is 4.39 Å². The summed E-state index contributed by atoms with van der Waals surface area (Å²) in [4.78, 5) is 15.6. The van der Waals surface area contributed by atoms with Crippen molar-refractivity contribution in [2.24, 2.45) is 4.99 Å². The number of carbonyl (C=O) groups excluding carboxylic acids is 1. The molecule has 1 aromatic rings. The molecule has 0 N–H and O–H groups in total. The topological polar surface area (TPSA) is 32.7 Å². The van der Waals surface area contributed by atoms with Crippen LogP contribution in [0.3, 0.4) is 0 Å². The molecule has 1 aliphatic heterocycles. The molecule has 2 unspecified atom stereocenters. The first kappa shape index (κ1) is 20.0. The summed E-state index contributed by atoms with van der Waals surface area (Å²) in [7, 11) is 0. The van der Waals surface area contributed by atoms with Crippen LogP contribution in [0.15, 0.2) is 29.3 Å². The fourth-order valence-electron chi connectivity index (χ4n) is 1.88. The third-order valence-corrected chi connectivity index (χ3v) is 4.76. The number of halogens is 8. The van der Waals surface area contributed by atoms with Crippen LogP contribution in [0.25, 0.3) is 0 Å². The van der Waals surface area contributed by atoms with E-state index < -0.39 is 34.2 Å². The van der Waals surface area contributed by atoms with Gasteiger partial charge >= 0.3 is 12.4 Å². The predicted octanol–water partition coefficient (Wildman–Crippen LogP) is 4.76. The molecule has 2 atom stereocenters. The van der Waals surface area contributed by atoms with Gasteiger partial charge in [0.15, 0.2) is 5.17 Å². The summed E-state index contributed by atoms with van der Waals surface area (Å²) in [6.45, 7) is 0.0288. The highest BCUT2D eigenvalue weighted by atomic mass is 79.9. The maximum atomic E-state index is 13.0. The molecule has 1 fully saturated rings. The molecule has 1 aliphatic rings. The fraction of sp³-hybridized carbons (Fsp3) is 0.385. The van der Waals surface area contributed by atoms with Gasteiger partial charge < -0.3 is 4.90 Å². The van der Waals surface area contributed by atoms with Crippen LogP contribution in [0.5, 0.6) is 0 Å². The molecule has 0 bridgehead atoms. The number of anilines is 1. The highest BCUT2D eigenvalue weighted by Gasteiger charge is 2.46. The Morgan fingerprint density at radius 3 is 2.48 bits per heavy atom. The number of aliphatic imine (C=N–C) groups is 1. The maximum Gasteiger partial charge on any atom is 0.428 e. The molecule has 1 heterocycles. The quantitative estimate of drug-likeness (QED) is 0.478. The number of thioether (sulfide) groups is 1. The number of carbonyl (C=O) groups is 1. The first-order valence-corrected chi connectivity index (χ1v) is 8.28. The monoisotopic (exact) mass is 452 g/mol. The minimum Gasteiger partial charge on any atom is -0.319 e. The largest absolute Gasteiger partial charge is 0.428 e. The Morgan fingerprint density at radius 1 is 1.28 bits per heavy atom. The van der Waals surface area contributed by atoms with E-state index in [0.717, 1.165) is 34.9 Å². The lowest BCUT2D eigenvalue weighted by molar-refractivity contribution is -0.184. The number of amidine groups is 1. The fourth-order valence-corrected chi connectivity index (χ4v) is 3.57. The van der Waals surface area contributed by atoms with Gasteiger partial charge in [-0.15, -0.1) is 0 Å². The third kappa shape index (κ3) is 4.87. The lowest BCUT2D eigenvalue weighted by Crippen LogP contribution is -2.33. The minimum atomic E-state index is -5.40. The Labute approximate surface area is 149 Å². The second-order valence-electron chi connectivity index (χ2n) is 4.82. The van der Waals surface area contributed by atoms with Crippen LogP contribution in [0.4, 0.5) is 36.4 Å². The maximum absolute atomic E-state index is 13.0. The summed E-state index contributed by atoms with van der Waals surface area (Å²) >= 11 is 3.93. The summed E-state index contributed by atoms with van der Waals surface area (Å²) in [6, 6.07) is 3.97. The minimum absolute atomic E-state index is 0.0288. The Bertz CT molecular complexity index is 692. The molecule has 2 rings (SSSR count). The van der Waals surface area contributed by atoms with Crippen LogP contribution in [0.2, 0.25) is 0 Å². The molecule has 0 aliphatic carbocycles. The molecule has 1 aromatic carbocycles. The number of benzene rings is 1. The van der Waals surface area contributed by atoms with Crippen molar-refractivity contribution in [1.29, 1.82) is 0 Å². The molecule has 0 radical (unpaired) electrons. The zero-order chi connectivity index (χ0) is 19.0. The Kier molecular flexibility index (Phi) is 5.71. The van der Waals surface area contributed by atoms with Gasteiger partial charge in [0.05, 0.1) is 9.72 Å². The number of amides is 1. The Hall–Kier alpha value is -1.30. The lowest BCUT2D eigenvalue weighted by Gasteiger charge is -2.19. The van der Waals surface area contributed by atoms with E-state index in [0.29, 0.717) is 0 Å². The molecule has 12 heteroatoms. The zero-order valence-electron chi connectivity index (χ0n) is 11.9. The molecular formula is C13H8BrF7N2OS. The van der Waals surface area contributed by atoms with Crippen molar-refractivity contribution in [3.05, 3.63) is 29.8 Å². The molecule has 0 spiro atoms. The van der Waals surface area contributed by atoms with Crippen LogP contribution < -0.4 is 4.90 Å². The summed E-state index contributed by atoms with van der Waals surface area (Å²) in [5.41, 5.74) is -1.00. The number of hydrogen-bond acceptors (Lipinski definition) is 2. The normalized spacial score (nSPS) is 21.7. The van der Waals surface area contributed by atoms with Gasteiger partial charge in [-0.2, -0.15) is 31.3 Å². The van der Waals surface area contributed by atoms with Gasteiger partial charge in [0.25, 0.3) is 12.1 Å². The molecule has 0 aromatic heterocycles. The van der Waals surface area contributed by atoms with Crippen LogP contribution in [-0.2, 0) is 11.0 Å². The van der Waals surface area contributed by atoms with E-state index in [1.54, 1.807) is 0 Å². The Morgan fingerprint density at radius 2 is 1.92 bits per heavy atom. The highest BCUT2D eigenvalue weighted by Crippen LogP contribution is 2.37. The first-order valence-electron chi connectivity index (χ1n) is 6.48. The van der Waals surface area contributed by atoms with Gasteiger partial charge in [-0.05, 0) is 18.2 Å². The average molecular weight is 453 g/mol. The van der Waals surface area contributed by atoms with Crippen LogP contribution in [-0.4, -0.2) is 34.1 Å². The van der Waals surface area contributed by atoms with Crippen molar-refractivity contribution in [3.63, 3.8) is 0 Å². The molecule has 0 saturated carbocycles. The van der Waals surface area contributed by atoms with Crippen molar-refractivity contribution in [3.8, 4) is 0 Å². The van der Waals surface area contributed by atoms with E-state index in [9.17, 15) is 35.5 Å². The summed E-state index contributed by atoms with van der Waals surface area (Å²) < 4.78 is 87.6. The summed E-state index contributed by atoms with van der Waals surface area (Å²) in [5, 5.41) is -0.321. The van der Waals surface area contributed by atoms with Gasteiger partial charge in [0, 0.05) is 12.2 Å². The molecule has 1 saturated heterocycles. The number of hydrogen-bond donors (Lipinski definition) is 0. The van der Waals surface area contributed by atoms with E-state index >= 15 is 0 Å². The average Bonchev–Trinajstić information content (AvgIpc) is 2.85. The van der Waals surface area contributed by atoms with Crippen LogP contribution in [0, 0.1) is 0 Å². The smallest absolute Gasteiger partial charge is 0.319 e. The molecule has 138 valence electrons. The van der Waals surface area contributed by atoms with Crippen LogP contribution in [0.1, 0.15) is 5.56 Å². The van der Waals surface area contributed by atoms with Crippen LogP contribution >= 0.6 is 27.7 Å². The number of nitrogens with zero attached hydrogens (tertiary/aromatic N) is 2. The SMILES string of the molecule is O=C(N=C1SC(Br)CN1c1cccc(C(F)(F)F)c1)C(F)C(F)(F)F. The number of rotatable bonds is 2. The van der Waals surface area contributed by atoms with E-state index in [-0.39, 0.29) is 17.4 Å². The Balaban J connectivity index is 2.34. The third-order valence-electron chi connectivity index (χ3n) is 2.99. The molecular weight excluding hydrogens is 445 g/mol.